The summed E-state index contributed by atoms with van der Waals surface area (Å²) in [6, 6.07) is 16.1. The van der Waals surface area contributed by atoms with Crippen LogP contribution in [-0.2, 0) is 0 Å². The van der Waals surface area contributed by atoms with Gasteiger partial charge in [-0.15, -0.1) is 9.24 Å². The summed E-state index contributed by atoms with van der Waals surface area (Å²) in [5.74, 6) is 0.224. The molecule has 0 fully saturated rings. The van der Waals surface area contributed by atoms with Gasteiger partial charge in [-0.1, -0.05) is 48.5 Å². The summed E-state index contributed by atoms with van der Waals surface area (Å²) in [5.41, 5.74) is 4.07. The van der Waals surface area contributed by atoms with Crippen LogP contribution in [0.2, 0.25) is 0 Å². The average molecular weight is 263 g/mol. The molecule has 2 rings (SSSR count). The molecule has 0 aromatic heterocycles. The van der Waals surface area contributed by atoms with E-state index in [1.165, 1.54) is 0 Å². The molecule has 0 saturated carbocycles. The fourth-order valence-electron chi connectivity index (χ4n) is 2.15. The van der Waals surface area contributed by atoms with Crippen molar-refractivity contribution in [3.8, 4) is 11.1 Å². The zero-order chi connectivity index (χ0) is 13.0. The number of carbonyl (C=O) groups is 1. The first-order valence-corrected chi connectivity index (χ1v) is 6.94. The molecular weight excluding hydrogens is 246 g/mol. The van der Waals surface area contributed by atoms with Crippen LogP contribution >= 0.6 is 9.24 Å². The van der Waals surface area contributed by atoms with Gasteiger partial charge < -0.3 is 0 Å². The maximum absolute atomic E-state index is 12.2. The first-order chi connectivity index (χ1) is 8.74. The van der Waals surface area contributed by atoms with Crippen molar-refractivity contribution in [2.45, 2.75) is 13.3 Å². The standard InChI is InChI=1S/C16H17OP.Li/c1-12-6-5-9-14(13-7-3-2-4-8-13)16(12)15(17)10-11-18;/h2-9H,10-11,18H2,1H3;. The number of aryl methyl sites for hydroxylation is 1. The quantitative estimate of drug-likeness (QED) is 0.466. The third-order valence-electron chi connectivity index (χ3n) is 3.01. The fraction of sp³-hybridized carbons (Fsp3) is 0.188. The third kappa shape index (κ3) is 3.80. The van der Waals surface area contributed by atoms with E-state index in [0.29, 0.717) is 6.42 Å². The number of hydrogen-bond donors (Lipinski definition) is 0. The molecule has 2 aromatic carbocycles. The molecule has 1 nitrogen and oxygen atoms in total. The molecule has 2 aromatic rings. The van der Waals surface area contributed by atoms with Gasteiger partial charge in [0.15, 0.2) is 5.78 Å². The molecule has 0 spiro atoms. The van der Waals surface area contributed by atoms with Crippen LogP contribution in [0.4, 0.5) is 0 Å². The number of rotatable bonds is 4. The van der Waals surface area contributed by atoms with Crippen molar-refractivity contribution < 1.29 is 4.79 Å². The Bertz CT molecular complexity index is 552. The van der Waals surface area contributed by atoms with E-state index in [4.69, 9.17) is 0 Å². The topological polar surface area (TPSA) is 17.1 Å². The summed E-state index contributed by atoms with van der Waals surface area (Å²) in [7, 11) is 2.61. The van der Waals surface area contributed by atoms with Crippen LogP contribution in [0.3, 0.4) is 0 Å². The van der Waals surface area contributed by atoms with Crippen molar-refractivity contribution in [3.63, 3.8) is 0 Å². The Hall–Kier alpha value is -0.863. The molecule has 1 atom stereocenters. The predicted molar refractivity (Wildman–Crippen MR) is 85.9 cm³/mol. The first-order valence-electron chi connectivity index (χ1n) is 6.12. The van der Waals surface area contributed by atoms with Gasteiger partial charge in [-0.05, 0) is 29.8 Å². The summed E-state index contributed by atoms with van der Waals surface area (Å²) in [6.07, 6.45) is 1.39. The Labute approximate surface area is 129 Å². The molecule has 1 unspecified atom stereocenters. The molecule has 0 heterocycles. The van der Waals surface area contributed by atoms with Crippen LogP contribution in [-0.4, -0.2) is 30.8 Å². The Morgan fingerprint density at radius 1 is 1.05 bits per heavy atom. The molecule has 19 heavy (non-hydrogen) atoms. The Balaban J connectivity index is 0.00000180. The van der Waals surface area contributed by atoms with Gasteiger partial charge in [-0.3, -0.25) is 4.79 Å². The van der Waals surface area contributed by atoms with Crippen molar-refractivity contribution in [2.24, 2.45) is 0 Å². The molecule has 0 aliphatic heterocycles. The maximum atomic E-state index is 12.2. The van der Waals surface area contributed by atoms with E-state index in [1.807, 2.05) is 55.5 Å². The third-order valence-corrected chi connectivity index (χ3v) is 3.30. The van der Waals surface area contributed by atoms with Gasteiger partial charge in [0.1, 0.15) is 0 Å². The number of ketones is 1. The molecule has 0 aliphatic carbocycles. The number of Topliss-reactive ketones (excluding diaryl/α,β-unsaturated/α-hetero) is 1. The molecule has 0 N–H and O–H groups in total. The predicted octanol–water partition coefficient (Wildman–Crippen LogP) is 3.73. The Morgan fingerprint density at radius 2 is 1.74 bits per heavy atom. The van der Waals surface area contributed by atoms with Gasteiger partial charge in [0.05, 0.1) is 0 Å². The minimum absolute atomic E-state index is 0. The normalized spacial score (nSPS) is 9.79. The van der Waals surface area contributed by atoms with Gasteiger partial charge in [0, 0.05) is 30.8 Å². The summed E-state index contributed by atoms with van der Waals surface area (Å²) >= 11 is 0. The van der Waals surface area contributed by atoms with Crippen LogP contribution < -0.4 is 0 Å². The first kappa shape index (κ1) is 16.2. The van der Waals surface area contributed by atoms with Crippen LogP contribution in [0, 0.1) is 6.92 Å². The van der Waals surface area contributed by atoms with Crippen molar-refractivity contribution in [3.05, 3.63) is 59.7 Å². The molecular formula is C16H17LiOP. The molecule has 0 saturated heterocycles. The zero-order valence-corrected chi connectivity index (χ0v) is 12.7. The number of benzene rings is 2. The van der Waals surface area contributed by atoms with Crippen LogP contribution in [0.25, 0.3) is 11.1 Å². The van der Waals surface area contributed by atoms with Gasteiger partial charge in [-0.2, -0.15) is 0 Å². The molecule has 1 radical (unpaired) electrons. The zero-order valence-electron chi connectivity index (χ0n) is 11.5. The van der Waals surface area contributed by atoms with Crippen LogP contribution in [0.15, 0.2) is 48.5 Å². The van der Waals surface area contributed by atoms with E-state index < -0.39 is 0 Å². The van der Waals surface area contributed by atoms with Crippen molar-refractivity contribution in [1.82, 2.24) is 0 Å². The SMILES string of the molecule is Cc1cccc(-c2ccccc2)c1C(=O)CCP.[Li]. The van der Waals surface area contributed by atoms with Gasteiger partial charge in [0.2, 0.25) is 0 Å². The second-order valence-electron chi connectivity index (χ2n) is 4.33. The number of carbonyl (C=O) groups excluding carboxylic acids is 1. The second-order valence-corrected chi connectivity index (χ2v) is 4.90. The van der Waals surface area contributed by atoms with Gasteiger partial charge >= 0.3 is 0 Å². The van der Waals surface area contributed by atoms with Crippen molar-refractivity contribution >= 4 is 33.9 Å². The minimum atomic E-state index is 0. The summed E-state index contributed by atoms with van der Waals surface area (Å²) in [5, 5.41) is 0. The average Bonchev–Trinajstić information content (AvgIpc) is 2.39. The summed E-state index contributed by atoms with van der Waals surface area (Å²) < 4.78 is 0. The van der Waals surface area contributed by atoms with Gasteiger partial charge in [-0.25, -0.2) is 0 Å². The van der Waals surface area contributed by atoms with E-state index in [0.717, 1.165) is 28.4 Å². The van der Waals surface area contributed by atoms with E-state index in [1.54, 1.807) is 0 Å². The van der Waals surface area contributed by atoms with Crippen LogP contribution in [0.5, 0.6) is 0 Å². The van der Waals surface area contributed by atoms with E-state index in [9.17, 15) is 4.79 Å². The van der Waals surface area contributed by atoms with E-state index >= 15 is 0 Å². The second kappa shape index (κ2) is 7.66. The monoisotopic (exact) mass is 263 g/mol. The fourth-order valence-corrected chi connectivity index (χ4v) is 2.41. The Morgan fingerprint density at radius 3 is 2.37 bits per heavy atom. The molecule has 0 aliphatic rings. The van der Waals surface area contributed by atoms with E-state index in [2.05, 4.69) is 9.24 Å². The van der Waals surface area contributed by atoms with Gasteiger partial charge in [0.25, 0.3) is 0 Å². The van der Waals surface area contributed by atoms with E-state index in [-0.39, 0.29) is 24.6 Å². The molecule has 0 amide bonds. The smallest absolute Gasteiger partial charge is 0.164 e. The Kier molecular flexibility index (Phi) is 6.53. The minimum Gasteiger partial charge on any atom is -0.294 e. The van der Waals surface area contributed by atoms with Crippen molar-refractivity contribution in [1.29, 1.82) is 0 Å². The molecule has 3 heteroatoms. The summed E-state index contributed by atoms with van der Waals surface area (Å²) in [4.78, 5) is 12.2. The maximum Gasteiger partial charge on any atom is 0.164 e. The number of hydrogen-bond acceptors (Lipinski definition) is 1. The molecule has 0 bridgehead atoms. The summed E-state index contributed by atoms with van der Waals surface area (Å²) in [6.45, 7) is 2.00. The van der Waals surface area contributed by atoms with Crippen LogP contribution in [0.1, 0.15) is 22.3 Å². The van der Waals surface area contributed by atoms with Crippen molar-refractivity contribution in [2.75, 3.05) is 6.16 Å². The largest absolute Gasteiger partial charge is 0.294 e. The molecule has 93 valence electrons.